The molecule has 2 aromatic rings. The number of guanidine groups is 2. The van der Waals surface area contributed by atoms with Crippen LogP contribution in [-0.4, -0.2) is 225 Å². The maximum Gasteiger partial charge on any atom is 0.246 e. The van der Waals surface area contributed by atoms with Gasteiger partial charge in [-0.2, -0.15) is 0 Å². The van der Waals surface area contributed by atoms with Gasteiger partial charge in [0.15, 0.2) is 18.1 Å². The van der Waals surface area contributed by atoms with E-state index in [4.69, 9.17) is 16.2 Å². The van der Waals surface area contributed by atoms with E-state index in [0.717, 1.165) is 4.90 Å². The number of nitrogens with one attached hydrogen (secondary N) is 7. The third-order valence-corrected chi connectivity index (χ3v) is 12.9. The molecule has 15 atom stereocenters. The van der Waals surface area contributed by atoms with Gasteiger partial charge in [0.25, 0.3) is 0 Å². The smallest absolute Gasteiger partial charge is 0.246 e. The first-order chi connectivity index (χ1) is 34.1. The van der Waals surface area contributed by atoms with E-state index in [0.29, 0.717) is 16.8 Å². The second-order valence-corrected chi connectivity index (χ2v) is 18.0. The van der Waals surface area contributed by atoms with Crippen LogP contribution in [0.3, 0.4) is 0 Å². The standard InChI is InChI=1S/C44H63N13O15/c1-18(20-7-5-4-6-8-20)29-39(69)50-21(11-19-9-10-26(60)24(12-19)56(2)3)38(68)54-30(32(62)22-13-48-43(45)52-22)41(71)55-31(40(70)51-23(16-58)37(67)47-15-28(61)53-29)33(63)25-14-49-44(46)57(25)42-36(66)35(65)34(64)27(17-59)72-42/h4-10,12,18,21-23,25,27,29-36,42,58-60,62-66H,11,13-17H2,1-3H3,(H2,46,49)(H,47,67)(H,50,69)(H,51,70)(H,53,61)(H,54,68)(H,55,71)(H3,45,48,52). The van der Waals surface area contributed by atoms with Crippen molar-refractivity contribution in [3.05, 3.63) is 59.7 Å². The number of benzene rings is 2. The SMILES string of the molecule is CC(c1ccccc1)C1NC(=O)CNC(=O)C(CO)NC(=O)C(C(O)C2CN=C(N)N2C2OC(CO)C(O)C(O)C2O)NC(=O)C(C(O)C2CN=C(N)N2)NC(=O)C(Cc2ccc(O)c(N(C)C)c2)NC1=O. The van der Waals surface area contributed by atoms with Gasteiger partial charge in [0.05, 0.1) is 50.6 Å². The minimum Gasteiger partial charge on any atom is -0.506 e. The Hall–Kier alpha value is -6.92. The highest BCUT2D eigenvalue weighted by Crippen LogP contribution is 2.30. The minimum atomic E-state index is -2.26. The van der Waals surface area contributed by atoms with Gasteiger partial charge in [0.1, 0.15) is 72.6 Å². The molecule has 6 rings (SSSR count). The predicted molar refractivity (Wildman–Crippen MR) is 252 cm³/mol. The molecule has 6 amide bonds. The van der Waals surface area contributed by atoms with Crippen molar-refractivity contribution in [2.45, 2.75) is 104 Å². The summed E-state index contributed by atoms with van der Waals surface area (Å²) in [7, 11) is 3.30. The molecule has 28 heteroatoms. The van der Waals surface area contributed by atoms with E-state index in [-0.39, 0.29) is 24.7 Å². The van der Waals surface area contributed by atoms with E-state index in [2.05, 4.69) is 47.2 Å². The highest BCUT2D eigenvalue weighted by molar-refractivity contribution is 5.98. The van der Waals surface area contributed by atoms with Gasteiger partial charge >= 0.3 is 0 Å². The van der Waals surface area contributed by atoms with Crippen LogP contribution < -0.4 is 53.6 Å². The number of phenols is 1. The van der Waals surface area contributed by atoms with Gasteiger partial charge in [-0.05, 0) is 23.3 Å². The van der Waals surface area contributed by atoms with Gasteiger partial charge in [-0.15, -0.1) is 0 Å². The lowest BCUT2D eigenvalue weighted by atomic mass is 9.92. The van der Waals surface area contributed by atoms with Crippen LogP contribution in [0.5, 0.6) is 5.75 Å². The Morgan fingerprint density at radius 3 is 2.01 bits per heavy atom. The minimum absolute atomic E-state index is 0.117. The van der Waals surface area contributed by atoms with E-state index >= 15 is 0 Å². The summed E-state index contributed by atoms with van der Waals surface area (Å²) in [6.45, 7) is -1.91. The number of rotatable bonds is 12. The molecule has 72 heavy (non-hydrogen) atoms. The summed E-state index contributed by atoms with van der Waals surface area (Å²) in [6.07, 6.45) is -13.5. The summed E-state index contributed by atoms with van der Waals surface area (Å²) in [5.41, 5.74) is 13.3. The second-order valence-electron chi connectivity index (χ2n) is 18.0. The zero-order valence-electron chi connectivity index (χ0n) is 39.4. The largest absolute Gasteiger partial charge is 0.506 e. The number of aliphatic hydroxyl groups is 7. The molecule has 394 valence electrons. The number of phenolic OH excluding ortho intramolecular Hbond substituents is 1. The molecule has 4 aliphatic heterocycles. The number of hydrogen-bond acceptors (Lipinski definition) is 22. The maximum absolute atomic E-state index is 14.8. The van der Waals surface area contributed by atoms with Gasteiger partial charge in [-0.25, -0.2) is 0 Å². The molecule has 0 saturated carbocycles. The highest BCUT2D eigenvalue weighted by Gasteiger charge is 2.52. The molecule has 28 nitrogen and oxygen atoms in total. The third-order valence-electron chi connectivity index (χ3n) is 12.9. The van der Waals surface area contributed by atoms with Crippen molar-refractivity contribution in [1.82, 2.24) is 42.1 Å². The molecule has 4 heterocycles. The zero-order chi connectivity index (χ0) is 52.7. The van der Waals surface area contributed by atoms with Crippen molar-refractivity contribution in [2.75, 3.05) is 51.8 Å². The molecule has 15 unspecified atom stereocenters. The summed E-state index contributed by atoms with van der Waals surface area (Å²) >= 11 is 0. The predicted octanol–water partition coefficient (Wildman–Crippen LogP) is -8.84. The van der Waals surface area contributed by atoms with Crippen LogP contribution in [0.2, 0.25) is 0 Å². The summed E-state index contributed by atoms with van der Waals surface area (Å²) in [6, 6.07) is 0.784. The Kier molecular flexibility index (Phi) is 17.8. The Labute approximate surface area is 411 Å². The third kappa shape index (κ3) is 12.2. The number of nitrogens with two attached hydrogens (primary N) is 2. The molecule has 2 fully saturated rings. The fraction of sp³-hybridized carbons (Fsp3) is 0.545. The topological polar surface area (TPSA) is 441 Å². The normalized spacial score (nSPS) is 31.4. The van der Waals surface area contributed by atoms with E-state index in [1.165, 1.54) is 18.2 Å². The zero-order valence-corrected chi connectivity index (χ0v) is 39.4. The number of carbonyl (C=O) groups excluding carboxylic acids is 6. The molecule has 2 saturated heterocycles. The first-order valence-corrected chi connectivity index (χ1v) is 22.9. The van der Waals surface area contributed by atoms with E-state index < -0.39 is 159 Å². The van der Waals surface area contributed by atoms with Crippen LogP contribution in [0.1, 0.15) is 24.0 Å². The quantitative estimate of drug-likeness (QED) is 0.0939. The van der Waals surface area contributed by atoms with Crippen molar-refractivity contribution in [2.24, 2.45) is 21.5 Å². The number of carbonyl (C=O) groups is 6. The number of ether oxygens (including phenoxy) is 1. The molecule has 0 spiro atoms. The van der Waals surface area contributed by atoms with Crippen LogP contribution >= 0.6 is 0 Å². The molecular weight excluding hydrogens is 951 g/mol. The van der Waals surface area contributed by atoms with Gasteiger partial charge < -0.3 is 104 Å². The average Bonchev–Trinajstić information content (AvgIpc) is 3.98. The van der Waals surface area contributed by atoms with Crippen LogP contribution in [0.25, 0.3) is 0 Å². The van der Waals surface area contributed by atoms with Crippen molar-refractivity contribution < 1.29 is 74.4 Å². The lowest BCUT2D eigenvalue weighted by molar-refractivity contribution is -0.260. The fourth-order valence-corrected chi connectivity index (χ4v) is 8.76. The van der Waals surface area contributed by atoms with Gasteiger partial charge in [-0.1, -0.05) is 43.3 Å². The number of hydrogen-bond donors (Lipinski definition) is 17. The van der Waals surface area contributed by atoms with Crippen molar-refractivity contribution >= 4 is 53.0 Å². The van der Waals surface area contributed by atoms with Crippen LogP contribution in [0, 0.1) is 0 Å². The van der Waals surface area contributed by atoms with Crippen LogP contribution in [0.15, 0.2) is 58.5 Å². The van der Waals surface area contributed by atoms with Crippen molar-refractivity contribution in [3.63, 3.8) is 0 Å². The Morgan fingerprint density at radius 1 is 0.736 bits per heavy atom. The molecule has 19 N–H and O–H groups in total. The number of aromatic hydroxyl groups is 1. The summed E-state index contributed by atoms with van der Waals surface area (Å²) in [5, 5.41) is 104. The van der Waals surface area contributed by atoms with E-state index in [1.807, 2.05) is 0 Å². The van der Waals surface area contributed by atoms with Crippen LogP contribution in [-0.2, 0) is 39.9 Å². The average molecular weight is 1010 g/mol. The monoisotopic (exact) mass is 1010 g/mol. The second kappa shape index (κ2) is 23.5. The maximum atomic E-state index is 14.8. The molecular formula is C44H63N13O15. The number of aliphatic hydroxyl groups excluding tert-OH is 7. The van der Waals surface area contributed by atoms with Crippen molar-refractivity contribution in [1.29, 1.82) is 0 Å². The number of aliphatic imine (C=N–C) groups is 2. The number of nitrogens with zero attached hydrogens (tertiary/aromatic N) is 4. The molecule has 0 bridgehead atoms. The number of amides is 6. The van der Waals surface area contributed by atoms with Gasteiger partial charge in [0, 0.05) is 26.4 Å². The summed E-state index contributed by atoms with van der Waals surface area (Å²) in [5.74, 6) is -8.33. The molecule has 4 aliphatic rings. The molecule has 0 aliphatic carbocycles. The van der Waals surface area contributed by atoms with Crippen LogP contribution in [0.4, 0.5) is 5.69 Å². The first kappa shape index (κ1) is 54.4. The summed E-state index contributed by atoms with van der Waals surface area (Å²) in [4.78, 5) is 96.4. The van der Waals surface area contributed by atoms with E-state index in [9.17, 15) is 69.6 Å². The Bertz CT molecular complexity index is 2360. The molecule has 0 aromatic heterocycles. The van der Waals surface area contributed by atoms with E-state index in [1.54, 1.807) is 56.3 Å². The molecule has 2 aromatic carbocycles. The Morgan fingerprint density at radius 2 is 1.38 bits per heavy atom. The fourth-order valence-electron chi connectivity index (χ4n) is 8.76. The lowest BCUT2D eigenvalue weighted by Gasteiger charge is -2.46. The summed E-state index contributed by atoms with van der Waals surface area (Å²) < 4.78 is 5.67. The molecule has 0 radical (unpaired) electrons. The lowest BCUT2D eigenvalue weighted by Crippen LogP contribution is -2.70. The number of anilines is 1. The Balaban J connectivity index is 1.43. The first-order valence-electron chi connectivity index (χ1n) is 22.9. The van der Waals surface area contributed by atoms with Gasteiger partial charge in [0.2, 0.25) is 35.4 Å². The highest BCUT2D eigenvalue weighted by atomic mass is 16.6. The van der Waals surface area contributed by atoms with Crippen molar-refractivity contribution in [3.8, 4) is 5.75 Å². The van der Waals surface area contributed by atoms with Gasteiger partial charge in [-0.3, -0.25) is 38.8 Å².